The van der Waals surface area contributed by atoms with Crippen molar-refractivity contribution in [2.75, 3.05) is 19.7 Å². The highest BCUT2D eigenvalue weighted by Gasteiger charge is 2.28. The second-order valence-corrected chi connectivity index (χ2v) is 6.95. The molecular weight excluding hydrogens is 331 g/mol. The van der Waals surface area contributed by atoms with Crippen LogP contribution in [0.1, 0.15) is 41.7 Å². The van der Waals surface area contributed by atoms with Gasteiger partial charge >= 0.3 is 6.03 Å². The summed E-state index contributed by atoms with van der Waals surface area (Å²) in [5.41, 5.74) is 3.46. The van der Waals surface area contributed by atoms with Crippen LogP contribution in [-0.4, -0.2) is 30.6 Å². The van der Waals surface area contributed by atoms with E-state index in [4.69, 9.17) is 4.74 Å². The van der Waals surface area contributed by atoms with E-state index in [-0.39, 0.29) is 24.0 Å². The first-order valence-corrected chi connectivity index (χ1v) is 9.21. The standard InChI is InChI=1S/C21H23FN2O2/c22-17-10-8-16(9-11-17)20-14-24(12-13-26-20)21(25)23-19-7-3-5-15-4-1-2-6-18(15)19/h1-2,4,6,8-11,19-20H,3,5,7,12-14H2,(H,23,25). The number of hydrogen-bond donors (Lipinski definition) is 1. The predicted octanol–water partition coefficient (Wildman–Crippen LogP) is 3.99. The normalized spacial score (nSPS) is 22.6. The predicted molar refractivity (Wildman–Crippen MR) is 97.3 cm³/mol. The number of halogens is 1. The molecular formula is C21H23FN2O2. The van der Waals surface area contributed by atoms with Gasteiger partial charge in [-0.2, -0.15) is 0 Å². The summed E-state index contributed by atoms with van der Waals surface area (Å²) in [6, 6.07) is 14.7. The fourth-order valence-electron chi connectivity index (χ4n) is 3.86. The lowest BCUT2D eigenvalue weighted by molar-refractivity contribution is -0.0159. The van der Waals surface area contributed by atoms with Crippen molar-refractivity contribution in [2.45, 2.75) is 31.4 Å². The first-order chi connectivity index (χ1) is 12.7. The van der Waals surface area contributed by atoms with Gasteiger partial charge in [0.1, 0.15) is 11.9 Å². The molecule has 1 aliphatic carbocycles. The number of nitrogens with one attached hydrogen (secondary N) is 1. The van der Waals surface area contributed by atoms with Crippen molar-refractivity contribution in [2.24, 2.45) is 0 Å². The molecule has 0 bridgehead atoms. The Morgan fingerprint density at radius 1 is 1.15 bits per heavy atom. The van der Waals surface area contributed by atoms with E-state index >= 15 is 0 Å². The van der Waals surface area contributed by atoms with Crippen LogP contribution in [-0.2, 0) is 11.2 Å². The first-order valence-electron chi connectivity index (χ1n) is 9.21. The summed E-state index contributed by atoms with van der Waals surface area (Å²) in [6.07, 6.45) is 2.92. The summed E-state index contributed by atoms with van der Waals surface area (Å²) < 4.78 is 18.9. The average molecular weight is 354 g/mol. The van der Waals surface area contributed by atoms with E-state index in [1.165, 1.54) is 23.3 Å². The summed E-state index contributed by atoms with van der Waals surface area (Å²) in [5.74, 6) is -0.268. The molecule has 0 aromatic heterocycles. The molecule has 4 rings (SSSR count). The average Bonchev–Trinajstić information content (AvgIpc) is 2.69. The van der Waals surface area contributed by atoms with Crippen LogP contribution in [0.2, 0.25) is 0 Å². The van der Waals surface area contributed by atoms with Crippen LogP contribution in [0.3, 0.4) is 0 Å². The minimum atomic E-state index is -0.268. The molecule has 1 fully saturated rings. The van der Waals surface area contributed by atoms with Crippen LogP contribution in [0.4, 0.5) is 9.18 Å². The molecule has 1 heterocycles. The third-order valence-corrected chi connectivity index (χ3v) is 5.26. The third-order valence-electron chi connectivity index (χ3n) is 5.26. The van der Waals surface area contributed by atoms with Gasteiger partial charge < -0.3 is 15.0 Å². The number of urea groups is 1. The van der Waals surface area contributed by atoms with Crippen molar-refractivity contribution in [1.82, 2.24) is 10.2 Å². The smallest absolute Gasteiger partial charge is 0.318 e. The second kappa shape index (κ2) is 7.46. The number of hydrogen-bond acceptors (Lipinski definition) is 2. The van der Waals surface area contributed by atoms with E-state index in [0.717, 1.165) is 24.8 Å². The maximum atomic E-state index is 13.1. The van der Waals surface area contributed by atoms with Gasteiger partial charge in [0, 0.05) is 6.54 Å². The SMILES string of the molecule is O=C(NC1CCCc2ccccc21)N1CCOC(c2ccc(F)cc2)C1. The van der Waals surface area contributed by atoms with Gasteiger partial charge in [0.05, 0.1) is 19.2 Å². The highest BCUT2D eigenvalue weighted by atomic mass is 19.1. The molecule has 2 aliphatic rings. The highest BCUT2D eigenvalue weighted by Crippen LogP contribution is 2.30. The molecule has 5 heteroatoms. The second-order valence-electron chi connectivity index (χ2n) is 6.95. The number of fused-ring (bicyclic) bond motifs is 1. The van der Waals surface area contributed by atoms with Crippen molar-refractivity contribution < 1.29 is 13.9 Å². The first kappa shape index (κ1) is 17.0. The van der Waals surface area contributed by atoms with Crippen molar-refractivity contribution >= 4 is 6.03 Å². The maximum absolute atomic E-state index is 13.1. The molecule has 1 N–H and O–H groups in total. The quantitative estimate of drug-likeness (QED) is 0.886. The number of nitrogens with zero attached hydrogens (tertiary/aromatic N) is 1. The summed E-state index contributed by atoms with van der Waals surface area (Å²) >= 11 is 0. The van der Waals surface area contributed by atoms with Gasteiger partial charge in [-0.1, -0.05) is 36.4 Å². The molecule has 1 saturated heterocycles. The Morgan fingerprint density at radius 2 is 1.96 bits per heavy atom. The number of morpholine rings is 1. The van der Waals surface area contributed by atoms with Gasteiger partial charge in [-0.25, -0.2) is 9.18 Å². The Hall–Kier alpha value is -2.40. The lowest BCUT2D eigenvalue weighted by atomic mass is 9.88. The van der Waals surface area contributed by atoms with Gasteiger partial charge in [-0.15, -0.1) is 0 Å². The lowest BCUT2D eigenvalue weighted by Crippen LogP contribution is -2.48. The zero-order chi connectivity index (χ0) is 17.9. The molecule has 2 atom stereocenters. The van der Waals surface area contributed by atoms with Crippen molar-refractivity contribution in [3.8, 4) is 0 Å². The molecule has 2 aromatic rings. The third kappa shape index (κ3) is 3.58. The Bertz CT molecular complexity index is 778. The summed E-state index contributed by atoms with van der Waals surface area (Å²) in [5, 5.41) is 3.20. The number of benzene rings is 2. The zero-order valence-electron chi connectivity index (χ0n) is 14.7. The van der Waals surface area contributed by atoms with E-state index in [9.17, 15) is 9.18 Å². The maximum Gasteiger partial charge on any atom is 0.318 e. The molecule has 0 radical (unpaired) electrons. The van der Waals surface area contributed by atoms with E-state index in [0.29, 0.717) is 19.7 Å². The minimum absolute atomic E-state index is 0.0536. The monoisotopic (exact) mass is 354 g/mol. The zero-order valence-corrected chi connectivity index (χ0v) is 14.7. The van der Waals surface area contributed by atoms with Crippen molar-refractivity contribution in [3.05, 3.63) is 71.0 Å². The molecule has 136 valence electrons. The molecule has 2 aromatic carbocycles. The molecule has 4 nitrogen and oxygen atoms in total. The van der Waals surface area contributed by atoms with Gasteiger partial charge in [0.15, 0.2) is 0 Å². The number of rotatable bonds is 2. The van der Waals surface area contributed by atoms with Gasteiger partial charge in [-0.3, -0.25) is 0 Å². The summed E-state index contributed by atoms with van der Waals surface area (Å²) in [4.78, 5) is 14.6. The topological polar surface area (TPSA) is 41.6 Å². The number of aryl methyl sites for hydroxylation is 1. The summed E-state index contributed by atoms with van der Waals surface area (Å²) in [6.45, 7) is 1.53. The van der Waals surface area contributed by atoms with E-state index in [1.54, 1.807) is 17.0 Å². The number of ether oxygens (including phenoxy) is 1. The van der Waals surface area contributed by atoms with Crippen molar-refractivity contribution in [3.63, 3.8) is 0 Å². The van der Waals surface area contributed by atoms with E-state index in [1.807, 2.05) is 6.07 Å². The molecule has 26 heavy (non-hydrogen) atoms. The molecule has 0 spiro atoms. The number of carbonyl (C=O) groups is 1. The van der Waals surface area contributed by atoms with Crippen LogP contribution < -0.4 is 5.32 Å². The largest absolute Gasteiger partial charge is 0.370 e. The Kier molecular flexibility index (Phi) is 4.89. The number of carbonyl (C=O) groups excluding carboxylic acids is 1. The molecule has 0 saturated carbocycles. The van der Waals surface area contributed by atoms with Crippen LogP contribution in [0.5, 0.6) is 0 Å². The molecule has 1 aliphatic heterocycles. The van der Waals surface area contributed by atoms with E-state index in [2.05, 4.69) is 23.5 Å². The Labute approximate surface area is 153 Å². The minimum Gasteiger partial charge on any atom is -0.370 e. The van der Waals surface area contributed by atoms with E-state index < -0.39 is 0 Å². The van der Waals surface area contributed by atoms with Crippen molar-refractivity contribution in [1.29, 1.82) is 0 Å². The van der Waals surface area contributed by atoms with Gasteiger partial charge in [0.25, 0.3) is 0 Å². The lowest BCUT2D eigenvalue weighted by Gasteiger charge is -2.35. The number of amides is 2. The molecule has 2 amide bonds. The van der Waals surface area contributed by atoms with Crippen LogP contribution >= 0.6 is 0 Å². The fraction of sp³-hybridized carbons (Fsp3) is 0.381. The van der Waals surface area contributed by atoms with Crippen LogP contribution in [0.25, 0.3) is 0 Å². The van der Waals surface area contributed by atoms with Crippen LogP contribution in [0.15, 0.2) is 48.5 Å². The highest BCUT2D eigenvalue weighted by molar-refractivity contribution is 5.75. The fourth-order valence-corrected chi connectivity index (χ4v) is 3.86. The van der Waals surface area contributed by atoms with Crippen LogP contribution in [0, 0.1) is 5.82 Å². The Morgan fingerprint density at radius 3 is 2.81 bits per heavy atom. The molecule has 2 unspecified atom stereocenters. The van der Waals surface area contributed by atoms with Gasteiger partial charge in [0.2, 0.25) is 0 Å². The summed E-state index contributed by atoms with van der Waals surface area (Å²) in [7, 11) is 0. The Balaban J connectivity index is 1.43. The van der Waals surface area contributed by atoms with Gasteiger partial charge in [-0.05, 0) is 48.1 Å².